The third-order valence-electron chi connectivity index (χ3n) is 2.47. The van der Waals surface area contributed by atoms with Gasteiger partial charge < -0.3 is 11.1 Å². The van der Waals surface area contributed by atoms with Crippen LogP contribution in [0.1, 0.15) is 31.0 Å². The summed E-state index contributed by atoms with van der Waals surface area (Å²) in [5, 5.41) is 2.71. The standard InChI is InChI=1S/C12H17FN2O/c1-7-4-5-10(6-11(7)13)9(3)15-12(16)8(2)14/h4-6,8-9H,14H2,1-3H3,(H,15,16)/t8-,9?/m1/s1. The summed E-state index contributed by atoms with van der Waals surface area (Å²) in [4.78, 5) is 11.3. The van der Waals surface area contributed by atoms with Gasteiger partial charge in [0.05, 0.1) is 12.1 Å². The summed E-state index contributed by atoms with van der Waals surface area (Å²) in [6, 6.07) is 4.12. The zero-order chi connectivity index (χ0) is 12.3. The summed E-state index contributed by atoms with van der Waals surface area (Å²) < 4.78 is 13.3. The number of aryl methyl sites for hydroxylation is 1. The van der Waals surface area contributed by atoms with E-state index in [0.717, 1.165) is 5.56 Å². The normalized spacial score (nSPS) is 14.3. The van der Waals surface area contributed by atoms with Crippen LogP contribution in [0.5, 0.6) is 0 Å². The van der Waals surface area contributed by atoms with Gasteiger partial charge in [-0.05, 0) is 38.0 Å². The third kappa shape index (κ3) is 3.03. The van der Waals surface area contributed by atoms with Crippen molar-refractivity contribution in [3.8, 4) is 0 Å². The highest BCUT2D eigenvalue weighted by Crippen LogP contribution is 2.16. The SMILES string of the molecule is Cc1ccc(C(C)NC(=O)[C@@H](C)N)cc1F. The van der Waals surface area contributed by atoms with E-state index in [0.29, 0.717) is 5.56 Å². The summed E-state index contributed by atoms with van der Waals surface area (Å²) in [6.45, 7) is 5.10. The van der Waals surface area contributed by atoms with Crippen LogP contribution in [0.2, 0.25) is 0 Å². The highest BCUT2D eigenvalue weighted by atomic mass is 19.1. The summed E-state index contributed by atoms with van der Waals surface area (Å²) in [6.07, 6.45) is 0. The molecule has 1 aromatic rings. The number of nitrogens with two attached hydrogens (primary N) is 1. The minimum absolute atomic E-state index is 0.242. The molecular weight excluding hydrogens is 207 g/mol. The maximum atomic E-state index is 13.3. The first-order valence-electron chi connectivity index (χ1n) is 5.24. The van der Waals surface area contributed by atoms with Crippen molar-refractivity contribution in [2.24, 2.45) is 5.73 Å². The van der Waals surface area contributed by atoms with Crippen molar-refractivity contribution in [3.63, 3.8) is 0 Å². The molecule has 1 amide bonds. The van der Waals surface area contributed by atoms with E-state index in [9.17, 15) is 9.18 Å². The molecule has 1 unspecified atom stereocenters. The molecule has 88 valence electrons. The van der Waals surface area contributed by atoms with Gasteiger partial charge in [0.25, 0.3) is 0 Å². The van der Waals surface area contributed by atoms with Crippen LogP contribution in [0.15, 0.2) is 18.2 Å². The number of hydrogen-bond donors (Lipinski definition) is 2. The van der Waals surface area contributed by atoms with E-state index in [1.54, 1.807) is 32.9 Å². The second kappa shape index (κ2) is 5.07. The van der Waals surface area contributed by atoms with Gasteiger partial charge in [0.1, 0.15) is 5.82 Å². The molecule has 0 bridgehead atoms. The zero-order valence-corrected chi connectivity index (χ0v) is 9.75. The van der Waals surface area contributed by atoms with Crippen molar-refractivity contribution < 1.29 is 9.18 Å². The van der Waals surface area contributed by atoms with Crippen molar-refractivity contribution >= 4 is 5.91 Å². The molecule has 3 nitrogen and oxygen atoms in total. The van der Waals surface area contributed by atoms with Gasteiger partial charge in [0.2, 0.25) is 5.91 Å². The fourth-order valence-electron chi connectivity index (χ4n) is 1.31. The van der Waals surface area contributed by atoms with Crippen LogP contribution in [0, 0.1) is 12.7 Å². The number of carbonyl (C=O) groups is 1. The van der Waals surface area contributed by atoms with Crippen molar-refractivity contribution in [1.29, 1.82) is 0 Å². The Hall–Kier alpha value is -1.42. The van der Waals surface area contributed by atoms with Crippen LogP contribution in [-0.2, 0) is 4.79 Å². The number of amides is 1. The minimum atomic E-state index is -0.558. The van der Waals surface area contributed by atoms with Crippen LogP contribution in [-0.4, -0.2) is 11.9 Å². The van der Waals surface area contributed by atoms with Gasteiger partial charge in [0, 0.05) is 0 Å². The van der Waals surface area contributed by atoms with Gasteiger partial charge in [-0.2, -0.15) is 0 Å². The van der Waals surface area contributed by atoms with Crippen LogP contribution >= 0.6 is 0 Å². The summed E-state index contributed by atoms with van der Waals surface area (Å²) in [5.74, 6) is -0.507. The first-order chi connectivity index (χ1) is 7.41. The van der Waals surface area contributed by atoms with Gasteiger partial charge in [-0.15, -0.1) is 0 Å². The predicted octanol–water partition coefficient (Wildman–Crippen LogP) is 1.66. The molecule has 0 aliphatic rings. The second-order valence-electron chi connectivity index (χ2n) is 4.03. The Morgan fingerprint density at radius 1 is 1.44 bits per heavy atom. The highest BCUT2D eigenvalue weighted by molar-refractivity contribution is 5.81. The Morgan fingerprint density at radius 3 is 2.56 bits per heavy atom. The molecule has 0 saturated heterocycles. The van der Waals surface area contributed by atoms with E-state index < -0.39 is 6.04 Å². The number of halogens is 1. The van der Waals surface area contributed by atoms with Crippen molar-refractivity contribution in [3.05, 3.63) is 35.1 Å². The molecule has 1 aromatic carbocycles. The van der Waals surface area contributed by atoms with Gasteiger partial charge in [-0.3, -0.25) is 4.79 Å². The van der Waals surface area contributed by atoms with Gasteiger partial charge in [0.15, 0.2) is 0 Å². The molecule has 2 atom stereocenters. The molecule has 0 aromatic heterocycles. The highest BCUT2D eigenvalue weighted by Gasteiger charge is 2.13. The number of nitrogens with one attached hydrogen (secondary N) is 1. The molecule has 3 N–H and O–H groups in total. The monoisotopic (exact) mass is 224 g/mol. The Morgan fingerprint density at radius 2 is 2.06 bits per heavy atom. The van der Waals surface area contributed by atoms with E-state index in [4.69, 9.17) is 5.73 Å². The minimum Gasteiger partial charge on any atom is -0.348 e. The maximum absolute atomic E-state index is 13.3. The van der Waals surface area contributed by atoms with E-state index in [1.807, 2.05) is 0 Å². The summed E-state index contributed by atoms with van der Waals surface area (Å²) in [7, 11) is 0. The zero-order valence-electron chi connectivity index (χ0n) is 9.75. The molecule has 0 heterocycles. The van der Waals surface area contributed by atoms with Crippen LogP contribution in [0.3, 0.4) is 0 Å². The molecule has 4 heteroatoms. The Balaban J connectivity index is 2.77. The quantitative estimate of drug-likeness (QED) is 0.820. The lowest BCUT2D eigenvalue weighted by molar-refractivity contribution is -0.122. The molecule has 0 fully saturated rings. The smallest absolute Gasteiger partial charge is 0.237 e. The van der Waals surface area contributed by atoms with Crippen molar-refractivity contribution in [1.82, 2.24) is 5.32 Å². The van der Waals surface area contributed by atoms with E-state index in [1.165, 1.54) is 6.07 Å². The van der Waals surface area contributed by atoms with Crippen molar-refractivity contribution in [2.45, 2.75) is 32.9 Å². The van der Waals surface area contributed by atoms with Gasteiger partial charge in [-0.25, -0.2) is 4.39 Å². The first-order valence-corrected chi connectivity index (χ1v) is 5.24. The van der Waals surface area contributed by atoms with E-state index >= 15 is 0 Å². The van der Waals surface area contributed by atoms with Crippen LogP contribution in [0.25, 0.3) is 0 Å². The average molecular weight is 224 g/mol. The Labute approximate surface area is 94.8 Å². The van der Waals surface area contributed by atoms with Crippen LogP contribution < -0.4 is 11.1 Å². The average Bonchev–Trinajstić information content (AvgIpc) is 2.21. The lowest BCUT2D eigenvalue weighted by atomic mass is 10.1. The van der Waals surface area contributed by atoms with E-state index in [-0.39, 0.29) is 17.8 Å². The van der Waals surface area contributed by atoms with E-state index in [2.05, 4.69) is 5.32 Å². The lowest BCUT2D eigenvalue weighted by Crippen LogP contribution is -2.39. The fraction of sp³-hybridized carbons (Fsp3) is 0.417. The summed E-state index contributed by atoms with van der Waals surface area (Å²) >= 11 is 0. The first kappa shape index (κ1) is 12.6. The largest absolute Gasteiger partial charge is 0.348 e. The van der Waals surface area contributed by atoms with Crippen molar-refractivity contribution in [2.75, 3.05) is 0 Å². The van der Waals surface area contributed by atoms with Gasteiger partial charge in [-0.1, -0.05) is 12.1 Å². The van der Waals surface area contributed by atoms with Crippen LogP contribution in [0.4, 0.5) is 4.39 Å². The lowest BCUT2D eigenvalue weighted by Gasteiger charge is -2.16. The molecule has 0 spiro atoms. The maximum Gasteiger partial charge on any atom is 0.237 e. The third-order valence-corrected chi connectivity index (χ3v) is 2.47. The molecule has 0 aliphatic heterocycles. The molecule has 1 rings (SSSR count). The molecule has 16 heavy (non-hydrogen) atoms. The fourth-order valence-corrected chi connectivity index (χ4v) is 1.31. The Kier molecular flexibility index (Phi) is 4.01. The molecule has 0 saturated carbocycles. The Bertz CT molecular complexity index is 391. The number of rotatable bonds is 3. The predicted molar refractivity (Wildman–Crippen MR) is 61.3 cm³/mol. The molecule has 0 aliphatic carbocycles. The molecule has 0 radical (unpaired) electrons. The number of benzene rings is 1. The second-order valence-corrected chi connectivity index (χ2v) is 4.03. The number of carbonyl (C=O) groups excluding carboxylic acids is 1. The molecular formula is C12H17FN2O. The summed E-state index contributed by atoms with van der Waals surface area (Å²) in [5.41, 5.74) is 6.76. The number of hydrogen-bond acceptors (Lipinski definition) is 2. The topological polar surface area (TPSA) is 55.1 Å². The van der Waals surface area contributed by atoms with Gasteiger partial charge >= 0.3 is 0 Å².